The second-order valence-corrected chi connectivity index (χ2v) is 5.62. The van der Waals surface area contributed by atoms with Crippen molar-refractivity contribution in [2.75, 3.05) is 19.7 Å². The van der Waals surface area contributed by atoms with Gasteiger partial charge in [0.25, 0.3) is 5.69 Å². The van der Waals surface area contributed by atoms with Crippen LogP contribution < -0.4 is 5.32 Å². The highest BCUT2D eigenvalue weighted by Gasteiger charge is 2.24. The van der Waals surface area contributed by atoms with Gasteiger partial charge in [-0.2, -0.15) is 0 Å². The quantitative estimate of drug-likeness (QED) is 0.500. The summed E-state index contributed by atoms with van der Waals surface area (Å²) in [6.45, 7) is 3.15. The molecular weight excluding hydrogens is 326 g/mol. The van der Waals surface area contributed by atoms with Gasteiger partial charge in [0, 0.05) is 31.3 Å². The van der Waals surface area contributed by atoms with E-state index in [0.717, 1.165) is 0 Å². The van der Waals surface area contributed by atoms with Gasteiger partial charge in [0.15, 0.2) is 0 Å². The van der Waals surface area contributed by atoms with Crippen molar-refractivity contribution in [3.63, 3.8) is 0 Å². The van der Waals surface area contributed by atoms with Gasteiger partial charge in [-0.1, -0.05) is 12.1 Å². The maximum Gasteiger partial charge on any atom is 0.409 e. The van der Waals surface area contributed by atoms with Crippen molar-refractivity contribution < 1.29 is 19.2 Å². The molecule has 1 fully saturated rings. The molecule has 0 unspecified atom stereocenters. The van der Waals surface area contributed by atoms with Crippen LogP contribution in [0.5, 0.6) is 0 Å². The number of piperidine rings is 1. The number of nitrogens with one attached hydrogen (secondary N) is 1. The third kappa shape index (κ3) is 5.30. The second kappa shape index (κ2) is 8.81. The molecule has 8 heteroatoms. The lowest BCUT2D eigenvalue weighted by molar-refractivity contribution is -0.385. The lowest BCUT2D eigenvalue weighted by atomic mass is 10.1. The Morgan fingerprint density at radius 2 is 2.04 bits per heavy atom. The van der Waals surface area contributed by atoms with E-state index in [9.17, 15) is 19.7 Å². The number of hydrogen-bond acceptors (Lipinski definition) is 5. The molecule has 2 rings (SSSR count). The number of rotatable bonds is 5. The highest BCUT2D eigenvalue weighted by atomic mass is 16.6. The number of likely N-dealkylation sites (tertiary alicyclic amines) is 1. The third-order valence-electron chi connectivity index (χ3n) is 3.92. The number of benzene rings is 1. The fourth-order valence-electron chi connectivity index (χ4n) is 2.63. The Balaban J connectivity index is 1.86. The molecule has 0 bridgehead atoms. The number of ether oxygens (including phenoxy) is 1. The van der Waals surface area contributed by atoms with Crippen molar-refractivity contribution in [2.45, 2.75) is 25.8 Å². The SMILES string of the molecule is CCOC(=O)N1CCC(NC(=O)/C=C/c2ccccc2[N+](=O)[O-])CC1. The van der Waals surface area contributed by atoms with E-state index in [1.54, 1.807) is 30.0 Å². The largest absolute Gasteiger partial charge is 0.450 e. The number of para-hydroxylation sites is 1. The number of nitro benzene ring substituents is 1. The standard InChI is InChI=1S/C17H21N3O5/c1-2-25-17(22)19-11-9-14(10-12-19)18-16(21)8-7-13-5-3-4-6-15(13)20(23)24/h3-8,14H,2,9-12H2,1H3,(H,18,21)/b8-7+. The van der Waals surface area contributed by atoms with Gasteiger partial charge >= 0.3 is 6.09 Å². The Labute approximate surface area is 145 Å². The van der Waals surface area contributed by atoms with E-state index in [0.29, 0.717) is 38.1 Å². The molecule has 0 atom stereocenters. The molecule has 1 aliphatic heterocycles. The molecule has 0 radical (unpaired) electrons. The molecule has 134 valence electrons. The molecule has 1 N–H and O–H groups in total. The molecule has 8 nitrogen and oxygen atoms in total. The molecule has 0 aromatic heterocycles. The number of carbonyl (C=O) groups excluding carboxylic acids is 2. The normalized spacial score (nSPS) is 15.2. The van der Waals surface area contributed by atoms with Crippen molar-refractivity contribution in [1.29, 1.82) is 0 Å². The molecule has 0 spiro atoms. The second-order valence-electron chi connectivity index (χ2n) is 5.62. The summed E-state index contributed by atoms with van der Waals surface area (Å²) in [5, 5.41) is 13.8. The molecule has 1 heterocycles. The molecule has 1 saturated heterocycles. The fraction of sp³-hybridized carbons (Fsp3) is 0.412. The summed E-state index contributed by atoms with van der Waals surface area (Å²) in [5.41, 5.74) is 0.328. The first kappa shape index (κ1) is 18.4. The lowest BCUT2D eigenvalue weighted by Crippen LogP contribution is -2.46. The third-order valence-corrected chi connectivity index (χ3v) is 3.92. The van der Waals surface area contributed by atoms with Crippen LogP contribution >= 0.6 is 0 Å². The van der Waals surface area contributed by atoms with Gasteiger partial charge in [-0.05, 0) is 31.9 Å². The fourth-order valence-corrected chi connectivity index (χ4v) is 2.63. The predicted octanol–water partition coefficient (Wildman–Crippen LogP) is 2.35. The number of amides is 2. The maximum absolute atomic E-state index is 12.0. The summed E-state index contributed by atoms with van der Waals surface area (Å²) in [6, 6.07) is 6.19. The number of nitro groups is 1. The van der Waals surface area contributed by atoms with Gasteiger partial charge in [0.2, 0.25) is 5.91 Å². The van der Waals surface area contributed by atoms with Crippen molar-refractivity contribution in [3.8, 4) is 0 Å². The number of nitrogens with zero attached hydrogens (tertiary/aromatic N) is 2. The smallest absolute Gasteiger partial charge is 0.409 e. The highest BCUT2D eigenvalue weighted by molar-refractivity contribution is 5.92. The highest BCUT2D eigenvalue weighted by Crippen LogP contribution is 2.19. The minimum Gasteiger partial charge on any atom is -0.450 e. The maximum atomic E-state index is 12.0. The monoisotopic (exact) mass is 347 g/mol. The summed E-state index contributed by atoms with van der Waals surface area (Å²) >= 11 is 0. The summed E-state index contributed by atoms with van der Waals surface area (Å²) in [7, 11) is 0. The zero-order chi connectivity index (χ0) is 18.2. The van der Waals surface area contributed by atoms with E-state index in [1.807, 2.05) is 0 Å². The van der Waals surface area contributed by atoms with Crippen LogP contribution in [0.3, 0.4) is 0 Å². The Morgan fingerprint density at radius 3 is 2.68 bits per heavy atom. The van der Waals surface area contributed by atoms with Gasteiger partial charge in [0.05, 0.1) is 17.1 Å². The van der Waals surface area contributed by atoms with Crippen molar-refractivity contribution >= 4 is 23.8 Å². The van der Waals surface area contributed by atoms with Gasteiger partial charge in [0.1, 0.15) is 0 Å². The first-order chi connectivity index (χ1) is 12.0. The van der Waals surface area contributed by atoms with Crippen LogP contribution in [0.25, 0.3) is 6.08 Å². The van der Waals surface area contributed by atoms with Crippen molar-refractivity contribution in [3.05, 3.63) is 46.0 Å². The summed E-state index contributed by atoms with van der Waals surface area (Å²) in [5.74, 6) is -0.312. The minimum absolute atomic E-state index is 0.0337. The average Bonchev–Trinajstić information content (AvgIpc) is 2.61. The average molecular weight is 347 g/mol. The first-order valence-corrected chi connectivity index (χ1v) is 8.15. The van der Waals surface area contributed by atoms with Gasteiger partial charge in [-0.15, -0.1) is 0 Å². The Hall–Kier alpha value is -2.90. The number of carbonyl (C=O) groups is 2. The van der Waals surface area contributed by atoms with E-state index < -0.39 is 4.92 Å². The summed E-state index contributed by atoms with van der Waals surface area (Å²) in [4.78, 5) is 35.7. The van der Waals surface area contributed by atoms with E-state index >= 15 is 0 Å². The molecule has 0 aliphatic carbocycles. The van der Waals surface area contributed by atoms with Gasteiger partial charge < -0.3 is 15.0 Å². The lowest BCUT2D eigenvalue weighted by Gasteiger charge is -2.31. The zero-order valence-electron chi connectivity index (χ0n) is 14.0. The van der Waals surface area contributed by atoms with Crippen LogP contribution in [-0.2, 0) is 9.53 Å². The van der Waals surface area contributed by atoms with E-state index in [4.69, 9.17) is 4.74 Å². The number of hydrogen-bond donors (Lipinski definition) is 1. The van der Waals surface area contributed by atoms with Gasteiger partial charge in [-0.25, -0.2) is 4.79 Å². The van der Waals surface area contributed by atoms with Crippen LogP contribution in [0.15, 0.2) is 30.3 Å². The van der Waals surface area contributed by atoms with Gasteiger partial charge in [-0.3, -0.25) is 14.9 Å². The molecule has 2 amide bonds. The predicted molar refractivity (Wildman–Crippen MR) is 91.9 cm³/mol. The molecular formula is C17H21N3O5. The zero-order valence-corrected chi connectivity index (χ0v) is 14.0. The summed E-state index contributed by atoms with van der Waals surface area (Å²) < 4.78 is 4.95. The molecule has 1 aromatic rings. The molecule has 25 heavy (non-hydrogen) atoms. The minimum atomic E-state index is -0.483. The molecule has 1 aliphatic rings. The Bertz CT molecular complexity index is 666. The van der Waals surface area contributed by atoms with Crippen LogP contribution in [0, 0.1) is 10.1 Å². The topological polar surface area (TPSA) is 102 Å². The van der Waals surface area contributed by atoms with Crippen LogP contribution in [0.2, 0.25) is 0 Å². The van der Waals surface area contributed by atoms with Crippen molar-refractivity contribution in [2.24, 2.45) is 0 Å². The van der Waals surface area contributed by atoms with E-state index in [2.05, 4.69) is 5.32 Å². The van der Waals surface area contributed by atoms with Crippen LogP contribution in [-0.4, -0.2) is 47.6 Å². The first-order valence-electron chi connectivity index (χ1n) is 8.15. The Morgan fingerprint density at radius 1 is 1.36 bits per heavy atom. The van der Waals surface area contributed by atoms with Crippen LogP contribution in [0.4, 0.5) is 10.5 Å². The molecule has 1 aromatic carbocycles. The molecule has 0 saturated carbocycles. The Kier molecular flexibility index (Phi) is 6.50. The van der Waals surface area contributed by atoms with Crippen LogP contribution in [0.1, 0.15) is 25.3 Å². The van der Waals surface area contributed by atoms with Crippen molar-refractivity contribution in [1.82, 2.24) is 10.2 Å². The van der Waals surface area contributed by atoms with E-state index in [-0.39, 0.29) is 23.7 Å². The van der Waals surface area contributed by atoms with E-state index in [1.165, 1.54) is 18.2 Å². The summed E-state index contributed by atoms with van der Waals surface area (Å²) in [6.07, 6.45) is 3.68.